The molecule has 72 valence electrons. The third-order valence-electron chi connectivity index (χ3n) is 1.58. The van der Waals surface area contributed by atoms with Crippen LogP contribution in [0.15, 0.2) is 12.1 Å². The molecule has 1 amide bonds. The number of hydrogen-bond donors (Lipinski definition) is 1. The molecular formula is C9H12BrNOS. The minimum atomic E-state index is 0.0999. The molecular weight excluding hydrogens is 250 g/mol. The maximum absolute atomic E-state index is 11.1. The van der Waals surface area contributed by atoms with E-state index in [0.29, 0.717) is 13.0 Å². The van der Waals surface area contributed by atoms with Crippen LogP contribution in [0, 0.1) is 6.92 Å². The molecule has 0 saturated carbocycles. The van der Waals surface area contributed by atoms with Crippen molar-refractivity contribution in [2.75, 3.05) is 5.33 Å². The van der Waals surface area contributed by atoms with Crippen LogP contribution in [0.4, 0.5) is 0 Å². The van der Waals surface area contributed by atoms with Gasteiger partial charge in [0.1, 0.15) is 0 Å². The molecule has 13 heavy (non-hydrogen) atoms. The van der Waals surface area contributed by atoms with Gasteiger partial charge in [-0.05, 0) is 19.1 Å². The lowest BCUT2D eigenvalue weighted by Crippen LogP contribution is -2.22. The monoisotopic (exact) mass is 261 g/mol. The highest BCUT2D eigenvalue weighted by Gasteiger charge is 2.00. The SMILES string of the molecule is Cc1ccc(CNC(=O)CCBr)s1. The molecule has 0 aliphatic heterocycles. The van der Waals surface area contributed by atoms with E-state index < -0.39 is 0 Å². The van der Waals surface area contributed by atoms with E-state index in [0.717, 1.165) is 5.33 Å². The van der Waals surface area contributed by atoms with Gasteiger partial charge in [0.25, 0.3) is 0 Å². The Morgan fingerprint density at radius 2 is 2.38 bits per heavy atom. The molecule has 0 bridgehead atoms. The van der Waals surface area contributed by atoms with Crippen molar-refractivity contribution in [2.45, 2.75) is 19.9 Å². The van der Waals surface area contributed by atoms with Crippen LogP contribution in [0.5, 0.6) is 0 Å². The molecule has 4 heteroatoms. The van der Waals surface area contributed by atoms with Gasteiger partial charge in [-0.1, -0.05) is 15.9 Å². The van der Waals surface area contributed by atoms with Crippen molar-refractivity contribution in [1.29, 1.82) is 0 Å². The fraction of sp³-hybridized carbons (Fsp3) is 0.444. The molecule has 1 aromatic heterocycles. The summed E-state index contributed by atoms with van der Waals surface area (Å²) in [5, 5.41) is 3.58. The Kier molecular flexibility index (Phi) is 4.45. The van der Waals surface area contributed by atoms with Gasteiger partial charge in [-0.25, -0.2) is 0 Å². The second-order valence-corrected chi connectivity index (χ2v) is 4.89. The highest BCUT2D eigenvalue weighted by Crippen LogP contribution is 2.14. The van der Waals surface area contributed by atoms with Crippen molar-refractivity contribution in [3.63, 3.8) is 0 Å². The average molecular weight is 262 g/mol. The van der Waals surface area contributed by atoms with Crippen molar-refractivity contribution < 1.29 is 4.79 Å². The van der Waals surface area contributed by atoms with E-state index in [1.165, 1.54) is 9.75 Å². The van der Waals surface area contributed by atoms with Gasteiger partial charge in [0.2, 0.25) is 5.91 Å². The molecule has 1 aromatic rings. The molecule has 1 heterocycles. The van der Waals surface area contributed by atoms with Gasteiger partial charge in [-0.2, -0.15) is 0 Å². The van der Waals surface area contributed by atoms with Crippen LogP contribution >= 0.6 is 27.3 Å². The summed E-state index contributed by atoms with van der Waals surface area (Å²) < 4.78 is 0. The summed E-state index contributed by atoms with van der Waals surface area (Å²) in [6.45, 7) is 2.72. The third kappa shape index (κ3) is 3.91. The number of hydrogen-bond acceptors (Lipinski definition) is 2. The van der Waals surface area contributed by atoms with E-state index in [9.17, 15) is 4.79 Å². The van der Waals surface area contributed by atoms with Crippen molar-refractivity contribution in [3.8, 4) is 0 Å². The lowest BCUT2D eigenvalue weighted by molar-refractivity contribution is -0.120. The van der Waals surface area contributed by atoms with E-state index in [1.807, 2.05) is 0 Å². The first-order chi connectivity index (χ1) is 6.22. The van der Waals surface area contributed by atoms with Crippen molar-refractivity contribution in [2.24, 2.45) is 0 Å². The normalized spacial score (nSPS) is 10.0. The van der Waals surface area contributed by atoms with Crippen molar-refractivity contribution >= 4 is 33.2 Å². The molecule has 0 saturated heterocycles. The number of alkyl halides is 1. The molecule has 0 aliphatic rings. The number of aryl methyl sites for hydroxylation is 1. The van der Waals surface area contributed by atoms with Gasteiger partial charge in [0, 0.05) is 21.5 Å². The van der Waals surface area contributed by atoms with Crippen LogP contribution in [0.1, 0.15) is 16.2 Å². The molecule has 0 spiro atoms. The first-order valence-corrected chi connectivity index (χ1v) is 6.04. The van der Waals surface area contributed by atoms with E-state index in [-0.39, 0.29) is 5.91 Å². The zero-order chi connectivity index (χ0) is 9.68. The molecule has 1 rings (SSSR count). The Balaban J connectivity index is 2.30. The minimum absolute atomic E-state index is 0.0999. The zero-order valence-corrected chi connectivity index (χ0v) is 9.87. The maximum atomic E-state index is 11.1. The Hall–Kier alpha value is -0.350. The summed E-state index contributed by atoms with van der Waals surface area (Å²) in [6.07, 6.45) is 0.546. The highest BCUT2D eigenvalue weighted by atomic mass is 79.9. The molecule has 0 fully saturated rings. The summed E-state index contributed by atoms with van der Waals surface area (Å²) in [7, 11) is 0. The van der Waals surface area contributed by atoms with Crippen LogP contribution < -0.4 is 5.32 Å². The first kappa shape index (κ1) is 10.7. The standard InChI is InChI=1S/C9H12BrNOS/c1-7-2-3-8(13-7)6-11-9(12)4-5-10/h2-3H,4-6H2,1H3,(H,11,12). The third-order valence-corrected chi connectivity index (χ3v) is 2.97. The van der Waals surface area contributed by atoms with E-state index in [4.69, 9.17) is 0 Å². The Labute approximate surface area is 90.5 Å². The van der Waals surface area contributed by atoms with Gasteiger partial charge < -0.3 is 5.32 Å². The van der Waals surface area contributed by atoms with Crippen LogP contribution in [-0.4, -0.2) is 11.2 Å². The summed E-state index contributed by atoms with van der Waals surface area (Å²) in [5.74, 6) is 0.0999. The Bertz CT molecular complexity index is 285. The number of carbonyl (C=O) groups excluding carboxylic acids is 1. The van der Waals surface area contributed by atoms with Gasteiger partial charge in [0.15, 0.2) is 0 Å². The predicted octanol–water partition coefficient (Wildman–Crippen LogP) is 2.46. The predicted molar refractivity (Wildman–Crippen MR) is 59.3 cm³/mol. The summed E-state index contributed by atoms with van der Waals surface area (Å²) in [6, 6.07) is 4.12. The van der Waals surface area contributed by atoms with Crippen molar-refractivity contribution in [3.05, 3.63) is 21.9 Å². The van der Waals surface area contributed by atoms with Gasteiger partial charge in [-0.15, -0.1) is 11.3 Å². The molecule has 0 atom stereocenters. The average Bonchev–Trinajstić information content (AvgIpc) is 2.49. The van der Waals surface area contributed by atoms with Crippen LogP contribution in [-0.2, 0) is 11.3 Å². The largest absolute Gasteiger partial charge is 0.351 e. The van der Waals surface area contributed by atoms with Gasteiger partial charge in [-0.3, -0.25) is 4.79 Å². The number of nitrogens with one attached hydrogen (secondary N) is 1. The molecule has 0 aliphatic carbocycles. The van der Waals surface area contributed by atoms with E-state index in [1.54, 1.807) is 11.3 Å². The smallest absolute Gasteiger partial charge is 0.221 e. The number of halogens is 1. The van der Waals surface area contributed by atoms with Crippen molar-refractivity contribution in [1.82, 2.24) is 5.32 Å². The lowest BCUT2D eigenvalue weighted by Gasteiger charge is -2.00. The zero-order valence-electron chi connectivity index (χ0n) is 7.47. The van der Waals surface area contributed by atoms with E-state index >= 15 is 0 Å². The molecule has 0 aromatic carbocycles. The number of amides is 1. The Morgan fingerprint density at radius 1 is 1.62 bits per heavy atom. The minimum Gasteiger partial charge on any atom is -0.351 e. The van der Waals surface area contributed by atoms with Gasteiger partial charge in [0.05, 0.1) is 6.54 Å². The van der Waals surface area contributed by atoms with E-state index in [2.05, 4.69) is 40.3 Å². The number of carbonyl (C=O) groups is 1. The van der Waals surface area contributed by atoms with Gasteiger partial charge >= 0.3 is 0 Å². The molecule has 0 radical (unpaired) electrons. The molecule has 2 nitrogen and oxygen atoms in total. The summed E-state index contributed by atoms with van der Waals surface area (Å²) >= 11 is 4.94. The number of thiophene rings is 1. The highest BCUT2D eigenvalue weighted by molar-refractivity contribution is 9.09. The van der Waals surface area contributed by atoms with Crippen LogP contribution in [0.25, 0.3) is 0 Å². The summed E-state index contributed by atoms with van der Waals surface area (Å²) in [4.78, 5) is 13.6. The second-order valence-electron chi connectivity index (χ2n) is 2.73. The molecule has 1 N–H and O–H groups in total. The molecule has 0 unspecified atom stereocenters. The number of rotatable bonds is 4. The topological polar surface area (TPSA) is 29.1 Å². The summed E-state index contributed by atoms with van der Waals surface area (Å²) in [5.41, 5.74) is 0. The fourth-order valence-corrected chi connectivity index (χ4v) is 2.13. The maximum Gasteiger partial charge on any atom is 0.221 e. The second kappa shape index (κ2) is 5.40. The quantitative estimate of drug-likeness (QED) is 0.830. The lowest BCUT2D eigenvalue weighted by atomic mass is 10.4. The Morgan fingerprint density at radius 3 is 2.92 bits per heavy atom. The van der Waals surface area contributed by atoms with Crippen LogP contribution in [0.3, 0.4) is 0 Å². The van der Waals surface area contributed by atoms with Crippen LogP contribution in [0.2, 0.25) is 0 Å². The fourth-order valence-electron chi connectivity index (χ4n) is 0.940. The first-order valence-electron chi connectivity index (χ1n) is 4.10.